The van der Waals surface area contributed by atoms with Crippen LogP contribution < -0.4 is 0 Å². The van der Waals surface area contributed by atoms with Crippen molar-refractivity contribution in [3.63, 3.8) is 0 Å². The van der Waals surface area contributed by atoms with Crippen molar-refractivity contribution < 1.29 is 22.4 Å². The van der Waals surface area contributed by atoms with Gasteiger partial charge in [0.05, 0.1) is 5.69 Å². The monoisotopic (exact) mass is 331 g/mol. The first-order valence-corrected chi connectivity index (χ1v) is 6.87. The molecule has 0 aliphatic rings. The quantitative estimate of drug-likeness (QED) is 0.510. The standard InChI is InChI=1S/C18H9F4NO/c19-13-5-1-3-11(16(13)21)15-10(9-24)7-8-23-18(15)12-4-2-6-14(20)17(12)22/h1-9H. The lowest BCUT2D eigenvalue weighted by atomic mass is 9.94. The number of benzene rings is 2. The van der Waals surface area contributed by atoms with Crippen LogP contribution in [-0.2, 0) is 0 Å². The maximum atomic E-state index is 14.2. The third-order valence-electron chi connectivity index (χ3n) is 3.54. The van der Waals surface area contributed by atoms with Crippen molar-refractivity contribution in [3.05, 3.63) is 77.5 Å². The summed E-state index contributed by atoms with van der Waals surface area (Å²) < 4.78 is 55.4. The molecular formula is C18H9F4NO. The van der Waals surface area contributed by atoms with Crippen molar-refractivity contribution in [2.45, 2.75) is 0 Å². The average Bonchev–Trinajstić information content (AvgIpc) is 2.59. The number of aromatic nitrogens is 1. The third kappa shape index (κ3) is 2.56. The molecule has 0 spiro atoms. The van der Waals surface area contributed by atoms with E-state index in [1.54, 1.807) is 0 Å². The van der Waals surface area contributed by atoms with Gasteiger partial charge < -0.3 is 0 Å². The zero-order chi connectivity index (χ0) is 17.3. The fourth-order valence-corrected chi connectivity index (χ4v) is 2.45. The van der Waals surface area contributed by atoms with Crippen LogP contribution in [0, 0.1) is 23.3 Å². The SMILES string of the molecule is O=Cc1ccnc(-c2cccc(F)c2F)c1-c1cccc(F)c1F. The van der Waals surface area contributed by atoms with E-state index >= 15 is 0 Å². The molecule has 1 heterocycles. The molecule has 0 aliphatic carbocycles. The Hall–Kier alpha value is -3.02. The summed E-state index contributed by atoms with van der Waals surface area (Å²) in [5.41, 5.74) is -0.788. The van der Waals surface area contributed by atoms with E-state index in [-0.39, 0.29) is 27.9 Å². The zero-order valence-corrected chi connectivity index (χ0v) is 12.1. The second-order valence-corrected chi connectivity index (χ2v) is 4.94. The first-order valence-electron chi connectivity index (χ1n) is 6.87. The molecule has 0 saturated heterocycles. The number of hydrogen-bond acceptors (Lipinski definition) is 2. The molecule has 2 aromatic carbocycles. The minimum absolute atomic E-state index is 0.0202. The van der Waals surface area contributed by atoms with Crippen LogP contribution in [0.3, 0.4) is 0 Å². The van der Waals surface area contributed by atoms with Crippen LogP contribution in [-0.4, -0.2) is 11.3 Å². The smallest absolute Gasteiger partial charge is 0.168 e. The fourth-order valence-electron chi connectivity index (χ4n) is 2.45. The van der Waals surface area contributed by atoms with Crippen molar-refractivity contribution in [2.24, 2.45) is 0 Å². The Morgan fingerprint density at radius 2 is 1.38 bits per heavy atom. The maximum Gasteiger partial charge on any atom is 0.168 e. The summed E-state index contributed by atoms with van der Waals surface area (Å²) in [6.45, 7) is 0. The van der Waals surface area contributed by atoms with Gasteiger partial charge in [-0.25, -0.2) is 17.6 Å². The number of hydrogen-bond donors (Lipinski definition) is 0. The van der Waals surface area contributed by atoms with Crippen LogP contribution in [0.4, 0.5) is 17.6 Å². The summed E-state index contributed by atoms with van der Waals surface area (Å²) in [7, 11) is 0. The van der Waals surface area contributed by atoms with E-state index in [1.807, 2.05) is 0 Å². The van der Waals surface area contributed by atoms with Gasteiger partial charge in [0, 0.05) is 28.5 Å². The third-order valence-corrected chi connectivity index (χ3v) is 3.54. The van der Waals surface area contributed by atoms with E-state index in [1.165, 1.54) is 36.5 Å². The molecule has 0 fully saturated rings. The Labute approximate surface area is 134 Å². The second kappa shape index (κ2) is 6.23. The molecule has 0 bridgehead atoms. The van der Waals surface area contributed by atoms with Gasteiger partial charge >= 0.3 is 0 Å². The average molecular weight is 331 g/mol. The minimum Gasteiger partial charge on any atom is -0.298 e. The summed E-state index contributed by atoms with van der Waals surface area (Å²) in [6, 6.07) is 8.12. The molecule has 2 nitrogen and oxygen atoms in total. The van der Waals surface area contributed by atoms with Gasteiger partial charge in [0.25, 0.3) is 0 Å². The summed E-state index contributed by atoms with van der Waals surface area (Å²) >= 11 is 0. The zero-order valence-electron chi connectivity index (χ0n) is 12.1. The summed E-state index contributed by atoms with van der Waals surface area (Å²) in [5, 5.41) is 0. The van der Waals surface area contributed by atoms with Crippen molar-refractivity contribution in [1.82, 2.24) is 4.98 Å². The molecule has 0 aliphatic heterocycles. The van der Waals surface area contributed by atoms with Gasteiger partial charge in [-0.05, 0) is 24.3 Å². The molecule has 1 aromatic heterocycles. The Balaban J connectivity index is 2.39. The lowest BCUT2D eigenvalue weighted by Gasteiger charge is -2.13. The number of pyridine rings is 1. The van der Waals surface area contributed by atoms with E-state index in [2.05, 4.69) is 4.98 Å². The van der Waals surface area contributed by atoms with E-state index in [0.29, 0.717) is 6.29 Å². The molecule has 6 heteroatoms. The first kappa shape index (κ1) is 15.9. The Morgan fingerprint density at radius 3 is 2.00 bits per heavy atom. The highest BCUT2D eigenvalue weighted by molar-refractivity contribution is 5.94. The fraction of sp³-hybridized carbons (Fsp3) is 0. The van der Waals surface area contributed by atoms with Crippen LogP contribution in [0.5, 0.6) is 0 Å². The number of carbonyl (C=O) groups is 1. The number of rotatable bonds is 3. The molecule has 0 amide bonds. The molecule has 0 unspecified atom stereocenters. The largest absolute Gasteiger partial charge is 0.298 e. The molecule has 3 rings (SSSR count). The van der Waals surface area contributed by atoms with Gasteiger partial charge in [-0.2, -0.15) is 0 Å². The summed E-state index contributed by atoms with van der Waals surface area (Å²) in [4.78, 5) is 15.3. The van der Waals surface area contributed by atoms with Gasteiger partial charge in [-0.3, -0.25) is 9.78 Å². The summed E-state index contributed by atoms with van der Waals surface area (Å²) in [5.74, 6) is -4.63. The van der Waals surface area contributed by atoms with Crippen molar-refractivity contribution in [2.75, 3.05) is 0 Å². The van der Waals surface area contributed by atoms with E-state index in [0.717, 1.165) is 12.1 Å². The molecule has 0 saturated carbocycles. The molecule has 24 heavy (non-hydrogen) atoms. The topological polar surface area (TPSA) is 30.0 Å². The predicted molar refractivity (Wildman–Crippen MR) is 80.3 cm³/mol. The highest BCUT2D eigenvalue weighted by Crippen LogP contribution is 2.36. The number of halogens is 4. The van der Waals surface area contributed by atoms with Crippen LogP contribution >= 0.6 is 0 Å². The van der Waals surface area contributed by atoms with Crippen LogP contribution in [0.2, 0.25) is 0 Å². The van der Waals surface area contributed by atoms with E-state index in [9.17, 15) is 22.4 Å². The Bertz CT molecular complexity index is 940. The molecule has 120 valence electrons. The van der Waals surface area contributed by atoms with Gasteiger partial charge in [-0.1, -0.05) is 18.2 Å². The van der Waals surface area contributed by atoms with Crippen molar-refractivity contribution >= 4 is 6.29 Å². The van der Waals surface area contributed by atoms with Gasteiger partial charge in [0.1, 0.15) is 0 Å². The van der Waals surface area contributed by atoms with Crippen molar-refractivity contribution in [1.29, 1.82) is 0 Å². The molecule has 0 radical (unpaired) electrons. The molecule has 0 atom stereocenters. The first-order chi connectivity index (χ1) is 11.5. The van der Waals surface area contributed by atoms with Gasteiger partial charge in [-0.15, -0.1) is 0 Å². The number of nitrogens with zero attached hydrogens (tertiary/aromatic N) is 1. The van der Waals surface area contributed by atoms with E-state index < -0.39 is 23.3 Å². The Kier molecular flexibility index (Phi) is 4.12. The predicted octanol–water partition coefficient (Wildman–Crippen LogP) is 4.78. The van der Waals surface area contributed by atoms with Crippen molar-refractivity contribution in [3.8, 4) is 22.4 Å². The second-order valence-electron chi connectivity index (χ2n) is 4.94. The Morgan fingerprint density at radius 1 is 0.792 bits per heavy atom. The van der Waals surface area contributed by atoms with Crippen LogP contribution in [0.25, 0.3) is 22.4 Å². The van der Waals surface area contributed by atoms with Crippen LogP contribution in [0.15, 0.2) is 48.7 Å². The summed E-state index contributed by atoms with van der Waals surface area (Å²) in [6.07, 6.45) is 1.63. The molecular weight excluding hydrogens is 322 g/mol. The lowest BCUT2D eigenvalue weighted by Crippen LogP contribution is -2.00. The number of aldehydes is 1. The molecule has 3 aromatic rings. The lowest BCUT2D eigenvalue weighted by molar-refractivity contribution is 0.112. The highest BCUT2D eigenvalue weighted by Gasteiger charge is 2.21. The van der Waals surface area contributed by atoms with Gasteiger partial charge in [0.2, 0.25) is 0 Å². The van der Waals surface area contributed by atoms with Gasteiger partial charge in [0.15, 0.2) is 29.6 Å². The highest BCUT2D eigenvalue weighted by atomic mass is 19.2. The number of carbonyl (C=O) groups excluding carboxylic acids is 1. The minimum atomic E-state index is -1.20. The van der Waals surface area contributed by atoms with E-state index in [4.69, 9.17) is 0 Å². The molecule has 0 N–H and O–H groups in total. The maximum absolute atomic E-state index is 14.2. The normalized spacial score (nSPS) is 10.7. The van der Waals surface area contributed by atoms with Crippen LogP contribution in [0.1, 0.15) is 10.4 Å².